The summed E-state index contributed by atoms with van der Waals surface area (Å²) in [6, 6.07) is 21.6. The van der Waals surface area contributed by atoms with Crippen molar-refractivity contribution < 1.29 is 28.0 Å². The molecule has 0 aliphatic carbocycles. The number of hydrogen-bond donors (Lipinski definition) is 0. The lowest BCUT2D eigenvalue weighted by molar-refractivity contribution is -0.136. The average Bonchev–Trinajstić information content (AvgIpc) is 3.69. The summed E-state index contributed by atoms with van der Waals surface area (Å²) in [5, 5.41) is 3.42. The number of aryl methyl sites for hydroxylation is 2. The summed E-state index contributed by atoms with van der Waals surface area (Å²) in [5.74, 6) is -4.79. The van der Waals surface area contributed by atoms with Crippen LogP contribution in [0.3, 0.4) is 0 Å². The van der Waals surface area contributed by atoms with Gasteiger partial charge in [-0.1, -0.05) is 48.5 Å². The van der Waals surface area contributed by atoms with Crippen LogP contribution in [0.1, 0.15) is 34.3 Å². The number of carbonyl (C=O) groups excluding carboxylic acids is 4. The molecule has 6 atom stereocenters. The molecule has 8 rings (SSSR count). The zero-order valence-corrected chi connectivity index (χ0v) is 24.9. The summed E-state index contributed by atoms with van der Waals surface area (Å²) in [6.45, 7) is 3.73. The molecule has 4 aliphatic rings. The van der Waals surface area contributed by atoms with Gasteiger partial charge in [0.15, 0.2) is 0 Å². The van der Waals surface area contributed by atoms with Crippen LogP contribution in [0.15, 0.2) is 97.1 Å². The van der Waals surface area contributed by atoms with Crippen molar-refractivity contribution in [1.82, 2.24) is 10.0 Å². The van der Waals surface area contributed by atoms with Crippen LogP contribution in [0, 0.1) is 37.3 Å². The number of rotatable bonds is 4. The Bertz CT molecular complexity index is 1810. The Morgan fingerprint density at radius 1 is 0.478 bits per heavy atom. The summed E-state index contributed by atoms with van der Waals surface area (Å²) in [4.78, 5) is 60.1. The van der Waals surface area contributed by atoms with Gasteiger partial charge in [-0.05, 0) is 84.6 Å². The van der Waals surface area contributed by atoms with Gasteiger partial charge in [-0.2, -0.15) is 0 Å². The number of amides is 4. The molecule has 4 saturated heterocycles. The Labute approximate surface area is 263 Å². The topological polar surface area (TPSA) is 81.2 Å². The summed E-state index contributed by atoms with van der Waals surface area (Å²) >= 11 is 0. The molecule has 0 saturated carbocycles. The Morgan fingerprint density at radius 2 is 0.848 bits per heavy atom. The maximum absolute atomic E-state index is 14.5. The summed E-state index contributed by atoms with van der Waals surface area (Å²) < 4.78 is 28.4. The third-order valence-corrected chi connectivity index (χ3v) is 9.67. The highest BCUT2D eigenvalue weighted by Crippen LogP contribution is 2.59. The van der Waals surface area contributed by atoms with E-state index in [0.717, 1.165) is 11.1 Å². The molecule has 4 fully saturated rings. The van der Waals surface area contributed by atoms with E-state index in [1.807, 2.05) is 26.0 Å². The SMILES string of the molecule is Cc1cccc(N2C(=O)C3C(C2=O)N2C(c4ccc(F)cc4)C4C(=O)N(c5cccc(C)c5)C(=O)C4N2C3c2ccc(F)cc2)c1. The molecule has 4 amide bonds. The lowest BCUT2D eigenvalue weighted by Crippen LogP contribution is -2.50. The van der Waals surface area contributed by atoms with E-state index in [1.54, 1.807) is 70.7 Å². The number of nitrogens with zero attached hydrogens (tertiary/aromatic N) is 4. The summed E-state index contributed by atoms with van der Waals surface area (Å²) in [7, 11) is 0. The van der Waals surface area contributed by atoms with E-state index in [9.17, 15) is 28.0 Å². The predicted octanol–water partition coefficient (Wildman–Crippen LogP) is 5.03. The fraction of sp³-hybridized carbons (Fsp3) is 0.222. The van der Waals surface area contributed by atoms with Crippen LogP contribution >= 0.6 is 0 Å². The first kappa shape index (κ1) is 28.4. The minimum absolute atomic E-state index is 0.421. The molecule has 4 aliphatic heterocycles. The van der Waals surface area contributed by atoms with Crippen LogP contribution in [0.5, 0.6) is 0 Å². The van der Waals surface area contributed by atoms with Gasteiger partial charge in [0, 0.05) is 0 Å². The van der Waals surface area contributed by atoms with Crippen molar-refractivity contribution in [3.8, 4) is 0 Å². The summed E-state index contributed by atoms with van der Waals surface area (Å²) in [6.07, 6.45) is 0. The van der Waals surface area contributed by atoms with Crippen LogP contribution in [0.2, 0.25) is 0 Å². The number of halogens is 2. The van der Waals surface area contributed by atoms with Gasteiger partial charge in [-0.15, -0.1) is 0 Å². The van der Waals surface area contributed by atoms with Gasteiger partial charge in [0.2, 0.25) is 11.8 Å². The third-order valence-electron chi connectivity index (χ3n) is 9.67. The number of hydrogen-bond acceptors (Lipinski definition) is 6. The van der Waals surface area contributed by atoms with Crippen LogP contribution in [-0.2, 0) is 19.2 Å². The lowest BCUT2D eigenvalue weighted by atomic mass is 9.84. The number of anilines is 2. The molecule has 0 N–H and O–H groups in total. The first-order valence-corrected chi connectivity index (χ1v) is 15.1. The Morgan fingerprint density at radius 3 is 1.20 bits per heavy atom. The van der Waals surface area contributed by atoms with Crippen LogP contribution in [0.25, 0.3) is 0 Å². The van der Waals surface area contributed by atoms with Crippen molar-refractivity contribution in [2.45, 2.75) is 38.0 Å². The molecule has 4 aromatic carbocycles. The van der Waals surface area contributed by atoms with Crippen molar-refractivity contribution in [3.63, 3.8) is 0 Å². The van der Waals surface area contributed by atoms with Crippen molar-refractivity contribution in [2.75, 3.05) is 9.80 Å². The van der Waals surface area contributed by atoms with Crippen LogP contribution in [0.4, 0.5) is 20.2 Å². The molecule has 46 heavy (non-hydrogen) atoms. The second-order valence-corrected chi connectivity index (χ2v) is 12.4. The largest absolute Gasteiger partial charge is 0.274 e. The highest BCUT2D eigenvalue weighted by molar-refractivity contribution is 6.26. The summed E-state index contributed by atoms with van der Waals surface area (Å²) in [5.41, 5.74) is 3.62. The molecule has 230 valence electrons. The van der Waals surface area contributed by atoms with Gasteiger partial charge in [-0.25, -0.2) is 28.6 Å². The highest BCUT2D eigenvalue weighted by Gasteiger charge is 2.73. The first-order chi connectivity index (χ1) is 22.2. The molecule has 0 radical (unpaired) electrons. The predicted molar refractivity (Wildman–Crippen MR) is 164 cm³/mol. The zero-order valence-electron chi connectivity index (χ0n) is 24.9. The van der Waals surface area contributed by atoms with Crippen LogP contribution in [-0.4, -0.2) is 45.7 Å². The number of carbonyl (C=O) groups is 4. The Hall–Kier alpha value is -5.06. The molecule has 0 aromatic heterocycles. The monoisotopic (exact) mass is 618 g/mol. The van der Waals surface area contributed by atoms with Gasteiger partial charge in [-0.3, -0.25) is 19.2 Å². The first-order valence-electron chi connectivity index (χ1n) is 15.1. The smallest absolute Gasteiger partial charge is 0.253 e. The molecule has 4 aromatic rings. The Kier molecular flexibility index (Phi) is 6.32. The zero-order chi connectivity index (χ0) is 32.0. The van der Waals surface area contributed by atoms with E-state index in [4.69, 9.17) is 0 Å². The fourth-order valence-corrected chi connectivity index (χ4v) is 7.86. The number of hydrazine groups is 1. The van der Waals surface area contributed by atoms with Gasteiger partial charge >= 0.3 is 0 Å². The fourth-order valence-electron chi connectivity index (χ4n) is 7.86. The van der Waals surface area contributed by atoms with E-state index in [-0.39, 0.29) is 0 Å². The minimum Gasteiger partial charge on any atom is -0.274 e. The van der Waals surface area contributed by atoms with Crippen molar-refractivity contribution in [2.24, 2.45) is 11.8 Å². The molecule has 8 nitrogen and oxygen atoms in total. The average molecular weight is 619 g/mol. The quantitative estimate of drug-likeness (QED) is 0.299. The second-order valence-electron chi connectivity index (χ2n) is 12.4. The van der Waals surface area contributed by atoms with Gasteiger partial charge in [0.05, 0.1) is 35.3 Å². The maximum Gasteiger partial charge on any atom is 0.253 e. The third kappa shape index (κ3) is 3.96. The molecule has 4 heterocycles. The van der Waals surface area contributed by atoms with E-state index in [1.165, 1.54) is 34.1 Å². The van der Waals surface area contributed by atoms with Crippen molar-refractivity contribution >= 4 is 35.0 Å². The van der Waals surface area contributed by atoms with E-state index in [0.29, 0.717) is 22.5 Å². The molecule has 0 bridgehead atoms. The normalized spacial score (nSPS) is 27.5. The standard InChI is InChI=1S/C36H28F2N4O4/c1-19-5-3-7-25(17-19)39-33(43)27-29(21-9-13-23(37)14-10-21)42-32-28(34(44)40(36(32)46)26-8-4-6-20(2)18-26)30(41(42)31(27)35(39)45)22-11-15-24(38)16-12-22/h3-18,27-32H,1-2H3. The molecule has 10 heteroatoms. The minimum atomic E-state index is -1.07. The molecular weight excluding hydrogens is 590 g/mol. The lowest BCUT2D eigenvalue weighted by Gasteiger charge is -2.35. The van der Waals surface area contributed by atoms with E-state index in [2.05, 4.69) is 0 Å². The number of benzene rings is 4. The number of fused-ring (bicyclic) bond motifs is 5. The Balaban J connectivity index is 1.33. The van der Waals surface area contributed by atoms with Gasteiger partial charge in [0.25, 0.3) is 11.8 Å². The molecule has 0 spiro atoms. The second kappa shape index (κ2) is 10.2. The number of imide groups is 2. The van der Waals surface area contributed by atoms with Gasteiger partial charge in [0.1, 0.15) is 23.7 Å². The van der Waals surface area contributed by atoms with Gasteiger partial charge < -0.3 is 0 Å². The highest BCUT2D eigenvalue weighted by atomic mass is 19.1. The van der Waals surface area contributed by atoms with Crippen molar-refractivity contribution in [3.05, 3.63) is 131 Å². The molecular formula is C36H28F2N4O4. The van der Waals surface area contributed by atoms with E-state index < -0.39 is 71.3 Å². The van der Waals surface area contributed by atoms with Crippen molar-refractivity contribution in [1.29, 1.82) is 0 Å². The van der Waals surface area contributed by atoms with Crippen LogP contribution < -0.4 is 9.80 Å². The maximum atomic E-state index is 14.5. The molecule has 6 unspecified atom stereocenters. The van der Waals surface area contributed by atoms with E-state index >= 15 is 0 Å².